The molecule has 28 heavy (non-hydrogen) atoms. The van der Waals surface area contributed by atoms with E-state index in [1.807, 2.05) is 11.6 Å². The maximum Gasteiger partial charge on any atom is 0.262 e. The number of nitrogens with zero attached hydrogens (tertiary/aromatic N) is 4. The topological polar surface area (TPSA) is 75.5 Å². The fraction of sp³-hybridized carbons (Fsp3) is 0.429. The first-order chi connectivity index (χ1) is 13.4. The molecule has 0 saturated carbocycles. The average molecular weight is 380 g/mol. The van der Waals surface area contributed by atoms with Gasteiger partial charge in [-0.1, -0.05) is 12.1 Å². The molecule has 146 valence electrons. The molecule has 7 heteroatoms. The lowest BCUT2D eigenvalue weighted by atomic mass is 9.96. The SMILES string of the molecule is Cc1cc(C)n(CC2CCN(C(=O)CN3C(=O)c4ccccc4C3=O)CC2)n1. The van der Waals surface area contributed by atoms with Crippen LogP contribution in [0.1, 0.15) is 44.9 Å². The third-order valence-corrected chi connectivity index (χ3v) is 5.67. The maximum atomic E-state index is 12.7. The van der Waals surface area contributed by atoms with Crippen molar-refractivity contribution in [2.75, 3.05) is 19.6 Å². The Morgan fingerprint density at radius 2 is 1.68 bits per heavy atom. The predicted molar refractivity (Wildman–Crippen MR) is 103 cm³/mol. The van der Waals surface area contributed by atoms with Crippen LogP contribution in [0.2, 0.25) is 0 Å². The lowest BCUT2D eigenvalue weighted by Crippen LogP contribution is -2.46. The lowest BCUT2D eigenvalue weighted by Gasteiger charge is -2.33. The second-order valence-electron chi connectivity index (χ2n) is 7.68. The summed E-state index contributed by atoms with van der Waals surface area (Å²) in [5.41, 5.74) is 2.93. The van der Waals surface area contributed by atoms with Gasteiger partial charge >= 0.3 is 0 Å². The Labute approximate surface area is 163 Å². The maximum absolute atomic E-state index is 12.7. The first-order valence-electron chi connectivity index (χ1n) is 9.68. The third-order valence-electron chi connectivity index (χ3n) is 5.67. The second kappa shape index (κ2) is 7.22. The van der Waals surface area contributed by atoms with E-state index in [1.54, 1.807) is 29.2 Å². The first-order valence-corrected chi connectivity index (χ1v) is 9.68. The molecule has 0 spiro atoms. The van der Waals surface area contributed by atoms with Crippen molar-refractivity contribution in [2.24, 2.45) is 5.92 Å². The van der Waals surface area contributed by atoms with Gasteiger partial charge in [0.1, 0.15) is 6.54 Å². The van der Waals surface area contributed by atoms with E-state index < -0.39 is 0 Å². The van der Waals surface area contributed by atoms with Gasteiger partial charge in [0.25, 0.3) is 11.8 Å². The molecule has 3 heterocycles. The summed E-state index contributed by atoms with van der Waals surface area (Å²) in [6, 6.07) is 8.78. The Balaban J connectivity index is 1.33. The smallest absolute Gasteiger partial charge is 0.262 e. The molecule has 1 aromatic carbocycles. The van der Waals surface area contributed by atoms with Gasteiger partial charge in [0, 0.05) is 25.3 Å². The van der Waals surface area contributed by atoms with E-state index in [2.05, 4.69) is 18.1 Å². The van der Waals surface area contributed by atoms with Gasteiger partial charge < -0.3 is 4.90 Å². The number of hydrogen-bond donors (Lipinski definition) is 0. The lowest BCUT2D eigenvalue weighted by molar-refractivity contribution is -0.132. The Kier molecular flexibility index (Phi) is 4.75. The van der Waals surface area contributed by atoms with Crippen LogP contribution in [0.4, 0.5) is 0 Å². The van der Waals surface area contributed by atoms with Crippen LogP contribution in [0, 0.1) is 19.8 Å². The van der Waals surface area contributed by atoms with Crippen LogP contribution in [0.3, 0.4) is 0 Å². The summed E-state index contributed by atoms with van der Waals surface area (Å²) in [5.74, 6) is -0.456. The van der Waals surface area contributed by atoms with E-state index in [1.165, 1.54) is 0 Å². The molecular formula is C21H24N4O3. The Bertz CT molecular complexity index is 906. The highest BCUT2D eigenvalue weighted by Gasteiger charge is 2.37. The molecule has 3 amide bonds. The second-order valence-corrected chi connectivity index (χ2v) is 7.68. The highest BCUT2D eigenvalue weighted by atomic mass is 16.2. The number of likely N-dealkylation sites (tertiary alicyclic amines) is 1. The van der Waals surface area contributed by atoms with Gasteiger partial charge in [0.15, 0.2) is 0 Å². The number of aryl methyl sites for hydroxylation is 2. The van der Waals surface area contributed by atoms with Gasteiger partial charge in [-0.15, -0.1) is 0 Å². The van der Waals surface area contributed by atoms with Crippen LogP contribution < -0.4 is 0 Å². The summed E-state index contributed by atoms with van der Waals surface area (Å²) < 4.78 is 2.04. The van der Waals surface area contributed by atoms with E-state index in [-0.39, 0.29) is 24.3 Å². The molecule has 2 aliphatic heterocycles. The van der Waals surface area contributed by atoms with Crippen LogP contribution in [0.25, 0.3) is 0 Å². The molecule has 0 radical (unpaired) electrons. The zero-order chi connectivity index (χ0) is 19.8. The Hall–Kier alpha value is -2.96. The van der Waals surface area contributed by atoms with Crippen molar-refractivity contribution in [1.82, 2.24) is 19.6 Å². The molecule has 0 unspecified atom stereocenters. The molecular weight excluding hydrogens is 356 g/mol. The van der Waals surface area contributed by atoms with E-state index in [4.69, 9.17) is 0 Å². The highest BCUT2D eigenvalue weighted by molar-refractivity contribution is 6.22. The van der Waals surface area contributed by atoms with Crippen molar-refractivity contribution in [1.29, 1.82) is 0 Å². The number of imide groups is 1. The van der Waals surface area contributed by atoms with Crippen molar-refractivity contribution < 1.29 is 14.4 Å². The first kappa shape index (κ1) is 18.4. The zero-order valence-corrected chi connectivity index (χ0v) is 16.2. The van der Waals surface area contributed by atoms with Crippen LogP contribution in [0.15, 0.2) is 30.3 Å². The van der Waals surface area contributed by atoms with Crippen molar-refractivity contribution in [3.8, 4) is 0 Å². The summed E-state index contributed by atoms with van der Waals surface area (Å²) in [6.07, 6.45) is 1.79. The van der Waals surface area contributed by atoms with Crippen LogP contribution in [0.5, 0.6) is 0 Å². The molecule has 4 rings (SSSR count). The molecule has 7 nitrogen and oxygen atoms in total. The molecule has 1 fully saturated rings. The van der Waals surface area contributed by atoms with Crippen LogP contribution in [-0.4, -0.2) is 56.9 Å². The Morgan fingerprint density at radius 1 is 1.07 bits per heavy atom. The summed E-state index contributed by atoms with van der Waals surface area (Å²) in [6.45, 7) is 6.01. The summed E-state index contributed by atoms with van der Waals surface area (Å²) in [5, 5.41) is 4.52. The molecule has 1 aromatic heterocycles. The molecule has 0 N–H and O–H groups in total. The summed E-state index contributed by atoms with van der Waals surface area (Å²) in [7, 11) is 0. The standard InChI is InChI=1S/C21H24N4O3/c1-14-11-15(2)25(22-14)12-16-7-9-23(10-8-16)19(26)13-24-20(27)17-5-3-4-6-18(17)21(24)28/h3-6,11,16H,7-10,12-13H2,1-2H3. The minimum absolute atomic E-state index is 0.168. The monoisotopic (exact) mass is 380 g/mol. The van der Waals surface area contributed by atoms with E-state index in [0.717, 1.165) is 35.7 Å². The number of carbonyl (C=O) groups is 3. The van der Waals surface area contributed by atoms with Crippen molar-refractivity contribution in [3.05, 3.63) is 52.8 Å². The Morgan fingerprint density at radius 3 is 2.21 bits per heavy atom. The molecule has 0 aliphatic carbocycles. The average Bonchev–Trinajstić information content (AvgIpc) is 3.13. The number of piperidine rings is 1. The van der Waals surface area contributed by atoms with Gasteiger partial charge in [-0.3, -0.25) is 24.0 Å². The highest BCUT2D eigenvalue weighted by Crippen LogP contribution is 2.24. The van der Waals surface area contributed by atoms with Crippen LogP contribution >= 0.6 is 0 Å². The zero-order valence-electron chi connectivity index (χ0n) is 16.2. The number of amides is 3. The van der Waals surface area contributed by atoms with Gasteiger partial charge in [0.2, 0.25) is 5.91 Å². The van der Waals surface area contributed by atoms with E-state index >= 15 is 0 Å². The van der Waals surface area contributed by atoms with Crippen molar-refractivity contribution in [3.63, 3.8) is 0 Å². The van der Waals surface area contributed by atoms with E-state index in [9.17, 15) is 14.4 Å². The largest absolute Gasteiger partial charge is 0.341 e. The third kappa shape index (κ3) is 3.32. The number of rotatable bonds is 4. The molecule has 2 aliphatic rings. The number of hydrogen-bond acceptors (Lipinski definition) is 4. The number of carbonyl (C=O) groups excluding carboxylic acids is 3. The molecule has 0 bridgehead atoms. The molecule has 1 saturated heterocycles. The fourth-order valence-electron chi connectivity index (χ4n) is 4.09. The number of aromatic nitrogens is 2. The van der Waals surface area contributed by atoms with Gasteiger partial charge in [-0.25, -0.2) is 0 Å². The number of benzene rings is 1. The van der Waals surface area contributed by atoms with Gasteiger partial charge in [-0.05, 0) is 50.8 Å². The predicted octanol–water partition coefficient (Wildman–Crippen LogP) is 2.03. The van der Waals surface area contributed by atoms with E-state index in [0.29, 0.717) is 30.1 Å². The van der Waals surface area contributed by atoms with Crippen LogP contribution in [-0.2, 0) is 11.3 Å². The summed E-state index contributed by atoms with van der Waals surface area (Å²) in [4.78, 5) is 40.4. The minimum Gasteiger partial charge on any atom is -0.341 e. The number of fused-ring (bicyclic) bond motifs is 1. The molecule has 2 aromatic rings. The summed E-state index contributed by atoms with van der Waals surface area (Å²) >= 11 is 0. The van der Waals surface area contributed by atoms with Crippen molar-refractivity contribution >= 4 is 17.7 Å². The normalized spacial score (nSPS) is 17.4. The van der Waals surface area contributed by atoms with Gasteiger partial charge in [0.05, 0.1) is 16.8 Å². The van der Waals surface area contributed by atoms with Gasteiger partial charge in [-0.2, -0.15) is 5.10 Å². The minimum atomic E-state index is -0.381. The van der Waals surface area contributed by atoms with Crippen molar-refractivity contribution in [2.45, 2.75) is 33.2 Å². The quantitative estimate of drug-likeness (QED) is 0.761. The molecule has 0 atom stereocenters. The fourth-order valence-corrected chi connectivity index (χ4v) is 4.09.